The van der Waals surface area contributed by atoms with E-state index >= 15 is 0 Å². The highest BCUT2D eigenvalue weighted by atomic mass is 32.1. The number of β-amino-alcohol motifs (C(OH)–C–C–N with tert-alkyl or cyclic N) is 1. The number of aliphatic hydroxyl groups excluding tert-OH is 1. The number of aliphatic hydroxyl groups is 1. The number of fused-ring (bicyclic) bond motifs is 3. The molecule has 2 N–H and O–H groups in total. The molecular weight excluding hydrogens is 633 g/mol. The van der Waals surface area contributed by atoms with Crippen LogP contribution < -0.4 is 0 Å². The molecule has 4 aliphatic rings. The molecular formula is C39H56N6O3S. The summed E-state index contributed by atoms with van der Waals surface area (Å²) in [5.74, 6) is 0.429. The van der Waals surface area contributed by atoms with Gasteiger partial charge in [-0.2, -0.15) is 0 Å². The van der Waals surface area contributed by atoms with E-state index < -0.39 is 11.5 Å². The number of H-pyrrole nitrogens is 1. The molecule has 2 amide bonds. The first-order valence-corrected chi connectivity index (χ1v) is 19.4. The fourth-order valence-corrected chi connectivity index (χ4v) is 10.3. The van der Waals surface area contributed by atoms with E-state index in [1.165, 1.54) is 33.3 Å². The summed E-state index contributed by atoms with van der Waals surface area (Å²) >= 11 is 1.76. The molecule has 0 spiro atoms. The van der Waals surface area contributed by atoms with Crippen molar-refractivity contribution in [2.45, 2.75) is 96.9 Å². The van der Waals surface area contributed by atoms with Crippen LogP contribution in [0.15, 0.2) is 24.3 Å². The topological polar surface area (TPSA) is 86.4 Å². The number of thiophene rings is 1. The van der Waals surface area contributed by atoms with E-state index in [2.05, 4.69) is 83.5 Å². The number of amides is 2. The monoisotopic (exact) mass is 688 g/mol. The van der Waals surface area contributed by atoms with Gasteiger partial charge in [-0.3, -0.25) is 24.3 Å². The minimum absolute atomic E-state index is 0.135. The predicted octanol–water partition coefficient (Wildman–Crippen LogP) is 5.15. The lowest BCUT2D eigenvalue weighted by atomic mass is 9.88. The number of carbonyl (C=O) groups is 2. The summed E-state index contributed by atoms with van der Waals surface area (Å²) in [6, 6.07) is 10.2. The van der Waals surface area contributed by atoms with Crippen LogP contribution in [0.1, 0.15) is 81.0 Å². The van der Waals surface area contributed by atoms with Crippen molar-refractivity contribution in [3.05, 3.63) is 45.8 Å². The zero-order valence-corrected chi connectivity index (χ0v) is 31.2. The molecule has 2 aromatic heterocycles. The fourth-order valence-electron chi connectivity index (χ4n) is 9.18. The molecule has 0 saturated carbocycles. The van der Waals surface area contributed by atoms with Gasteiger partial charge in [-0.15, -0.1) is 11.3 Å². The Morgan fingerprint density at radius 2 is 1.43 bits per heavy atom. The summed E-state index contributed by atoms with van der Waals surface area (Å²) in [6.07, 6.45) is 4.23. The Morgan fingerprint density at radius 1 is 0.878 bits per heavy atom. The molecule has 266 valence electrons. The molecule has 7 rings (SSSR count). The van der Waals surface area contributed by atoms with Gasteiger partial charge in [0.25, 0.3) is 0 Å². The summed E-state index contributed by atoms with van der Waals surface area (Å²) in [5, 5.41) is 12.2. The highest BCUT2D eigenvalue weighted by molar-refractivity contribution is 7.19. The summed E-state index contributed by atoms with van der Waals surface area (Å²) < 4.78 is 0. The molecule has 2 atom stereocenters. The Bertz CT molecular complexity index is 1640. The van der Waals surface area contributed by atoms with Gasteiger partial charge in [-0.05, 0) is 84.1 Å². The molecule has 4 aliphatic heterocycles. The SMILES string of the molecule is CC(=O)N1CCN(CC(O)CN2CCN(C(C)c3c(-c4cc(C)cc(C)c4)[nH]c4sc(C(C)(C)C(=O)N5C6CCC5CC6)cc34)CC2)CC1. The second-order valence-corrected chi connectivity index (χ2v) is 17.0. The van der Waals surface area contributed by atoms with E-state index in [4.69, 9.17) is 0 Å². The number of hydrogen-bond acceptors (Lipinski definition) is 7. The van der Waals surface area contributed by atoms with Crippen LogP contribution in [0, 0.1) is 13.8 Å². The van der Waals surface area contributed by atoms with E-state index in [0.717, 1.165) is 87.7 Å². The minimum Gasteiger partial charge on any atom is -0.390 e. The lowest BCUT2D eigenvalue weighted by Gasteiger charge is -2.40. The minimum atomic E-state index is -0.566. The van der Waals surface area contributed by atoms with Gasteiger partial charge in [0.15, 0.2) is 0 Å². The summed E-state index contributed by atoms with van der Waals surface area (Å²) in [4.78, 5) is 43.3. The normalized spacial score (nSPS) is 23.9. The average Bonchev–Trinajstić information content (AvgIpc) is 3.85. The number of aromatic amines is 1. The van der Waals surface area contributed by atoms with E-state index in [1.54, 1.807) is 18.3 Å². The number of aryl methyl sites for hydroxylation is 2. The zero-order valence-electron chi connectivity index (χ0n) is 30.4. The second kappa shape index (κ2) is 13.8. The van der Waals surface area contributed by atoms with Gasteiger partial charge < -0.3 is 19.9 Å². The molecule has 49 heavy (non-hydrogen) atoms. The van der Waals surface area contributed by atoms with E-state index in [-0.39, 0.29) is 11.9 Å². The average molecular weight is 689 g/mol. The van der Waals surface area contributed by atoms with Crippen LogP contribution in [0.4, 0.5) is 0 Å². The number of nitrogens with zero attached hydrogens (tertiary/aromatic N) is 5. The van der Waals surface area contributed by atoms with Crippen molar-refractivity contribution in [3.63, 3.8) is 0 Å². The van der Waals surface area contributed by atoms with Gasteiger partial charge in [-0.1, -0.05) is 17.2 Å². The Balaban J connectivity index is 1.08. The number of benzene rings is 1. The van der Waals surface area contributed by atoms with Gasteiger partial charge in [-0.25, -0.2) is 0 Å². The van der Waals surface area contributed by atoms with Crippen molar-refractivity contribution < 1.29 is 14.7 Å². The summed E-state index contributed by atoms with van der Waals surface area (Å²) in [6.45, 7) is 20.7. The number of nitrogens with one attached hydrogen (secondary N) is 1. The Morgan fingerprint density at radius 3 is 1.98 bits per heavy atom. The number of rotatable bonds is 9. The third-order valence-corrected chi connectivity index (χ3v) is 13.4. The number of carbonyl (C=O) groups excluding carboxylic acids is 2. The first-order chi connectivity index (χ1) is 23.4. The molecule has 0 radical (unpaired) electrons. The van der Waals surface area contributed by atoms with E-state index in [1.807, 2.05) is 4.90 Å². The third kappa shape index (κ3) is 6.84. The van der Waals surface area contributed by atoms with Crippen molar-refractivity contribution in [1.29, 1.82) is 0 Å². The molecule has 2 unspecified atom stereocenters. The van der Waals surface area contributed by atoms with E-state index in [9.17, 15) is 14.7 Å². The van der Waals surface area contributed by atoms with Gasteiger partial charge in [0.05, 0.1) is 17.2 Å². The Kier molecular flexibility index (Phi) is 9.73. The van der Waals surface area contributed by atoms with Crippen molar-refractivity contribution in [3.8, 4) is 11.3 Å². The highest BCUT2D eigenvalue weighted by Gasteiger charge is 2.47. The first-order valence-electron chi connectivity index (χ1n) is 18.6. The van der Waals surface area contributed by atoms with Gasteiger partial charge in [0, 0.05) is 106 Å². The van der Waals surface area contributed by atoms with Crippen LogP contribution in [0.3, 0.4) is 0 Å². The largest absolute Gasteiger partial charge is 0.390 e. The first kappa shape index (κ1) is 34.7. The molecule has 6 heterocycles. The van der Waals surface area contributed by atoms with E-state index in [0.29, 0.717) is 31.1 Å². The molecule has 0 aliphatic carbocycles. The van der Waals surface area contributed by atoms with Gasteiger partial charge >= 0.3 is 0 Å². The molecule has 2 bridgehead atoms. The second-order valence-electron chi connectivity index (χ2n) is 15.9. The van der Waals surface area contributed by atoms with Crippen molar-refractivity contribution in [2.24, 2.45) is 0 Å². The Labute approximate surface area is 296 Å². The summed E-state index contributed by atoms with van der Waals surface area (Å²) in [5.41, 5.74) is 5.68. The molecule has 10 heteroatoms. The van der Waals surface area contributed by atoms with Gasteiger partial charge in [0.2, 0.25) is 11.8 Å². The maximum absolute atomic E-state index is 14.1. The van der Waals surface area contributed by atoms with Crippen LogP contribution in [-0.4, -0.2) is 130 Å². The standard InChI is InChI=1S/C39H56N6O3S/c1-25-19-26(2)21-29(20-25)36-35(33-22-34(49-37(33)40-36)39(5,6)38(48)45-30-7-8-31(45)10-9-30)27(3)43-15-11-41(12-16-43)23-32(47)24-42-13-17-44(18-14-42)28(4)46/h19-22,27,30-32,40,47H,7-18,23-24H2,1-6H3. The molecule has 1 aromatic carbocycles. The molecule has 3 aromatic rings. The van der Waals surface area contributed by atoms with Crippen LogP contribution in [0.5, 0.6) is 0 Å². The molecule has 4 fully saturated rings. The lowest BCUT2D eigenvalue weighted by Crippen LogP contribution is -2.53. The smallest absolute Gasteiger partial charge is 0.233 e. The van der Waals surface area contributed by atoms with Crippen LogP contribution >= 0.6 is 11.3 Å². The zero-order chi connectivity index (χ0) is 34.6. The molecule has 9 nitrogen and oxygen atoms in total. The quantitative estimate of drug-likeness (QED) is 0.324. The maximum Gasteiger partial charge on any atom is 0.233 e. The lowest BCUT2D eigenvalue weighted by molar-refractivity contribution is -0.137. The van der Waals surface area contributed by atoms with Crippen molar-refractivity contribution in [2.75, 3.05) is 65.4 Å². The number of piperazine rings is 2. The van der Waals surface area contributed by atoms with Crippen molar-refractivity contribution in [1.82, 2.24) is 29.5 Å². The highest BCUT2D eigenvalue weighted by Crippen LogP contribution is 2.46. The van der Waals surface area contributed by atoms with Crippen molar-refractivity contribution >= 4 is 33.4 Å². The third-order valence-electron chi connectivity index (χ3n) is 12.0. The van der Waals surface area contributed by atoms with Crippen LogP contribution in [0.2, 0.25) is 0 Å². The Hall–Kier alpha value is -2.76. The molecule has 4 saturated heterocycles. The number of hydrogen-bond donors (Lipinski definition) is 2. The maximum atomic E-state index is 14.1. The predicted molar refractivity (Wildman–Crippen MR) is 198 cm³/mol. The van der Waals surface area contributed by atoms with Crippen LogP contribution in [-0.2, 0) is 15.0 Å². The fraction of sp³-hybridized carbons (Fsp3) is 0.641. The number of aromatic nitrogens is 1. The van der Waals surface area contributed by atoms with Gasteiger partial charge in [0.1, 0.15) is 4.83 Å². The summed E-state index contributed by atoms with van der Waals surface area (Å²) in [7, 11) is 0. The van der Waals surface area contributed by atoms with Crippen LogP contribution in [0.25, 0.3) is 21.5 Å².